The quantitative estimate of drug-likeness (QED) is 0.585. The van der Waals surface area contributed by atoms with Crippen molar-refractivity contribution >= 4 is 23.5 Å². The number of hydrogen-bond donors (Lipinski definition) is 2. The molecule has 160 valence electrons. The van der Waals surface area contributed by atoms with Gasteiger partial charge in [0.15, 0.2) is 6.61 Å². The number of hydrogen-bond acceptors (Lipinski definition) is 5. The Morgan fingerprint density at radius 1 is 1.00 bits per heavy atom. The zero-order chi connectivity index (χ0) is 21.9. The van der Waals surface area contributed by atoms with E-state index in [0.717, 1.165) is 5.56 Å². The number of benzene rings is 2. The average Bonchev–Trinajstić information content (AvgIpc) is 2.75. The topological polar surface area (TPSA) is 93.7 Å². The monoisotopic (exact) mass is 412 g/mol. The molecule has 2 aromatic rings. The Morgan fingerprint density at radius 3 is 2.43 bits per heavy atom. The Balaban J connectivity index is 1.84. The van der Waals surface area contributed by atoms with Gasteiger partial charge in [0.1, 0.15) is 5.75 Å². The number of ether oxygens (including phenoxy) is 2. The fourth-order valence-electron chi connectivity index (χ4n) is 2.73. The molecule has 0 heterocycles. The van der Waals surface area contributed by atoms with E-state index in [1.807, 2.05) is 38.1 Å². The van der Waals surface area contributed by atoms with E-state index in [4.69, 9.17) is 9.47 Å². The van der Waals surface area contributed by atoms with E-state index in [1.54, 1.807) is 31.4 Å². The van der Waals surface area contributed by atoms with Gasteiger partial charge in [-0.05, 0) is 36.1 Å². The van der Waals surface area contributed by atoms with Crippen molar-refractivity contribution in [2.45, 2.75) is 26.7 Å². The first-order valence-electron chi connectivity index (χ1n) is 9.85. The van der Waals surface area contributed by atoms with Gasteiger partial charge in [-0.25, -0.2) is 0 Å². The molecule has 2 amide bonds. The lowest BCUT2D eigenvalue weighted by atomic mass is 10.1. The third kappa shape index (κ3) is 7.24. The number of anilines is 1. The predicted molar refractivity (Wildman–Crippen MR) is 115 cm³/mol. The lowest BCUT2D eigenvalue weighted by molar-refractivity contribution is -0.147. The molecule has 2 N–H and O–H groups in total. The largest absolute Gasteiger partial charge is 0.496 e. The maximum absolute atomic E-state index is 12.3. The van der Waals surface area contributed by atoms with Crippen LogP contribution in [0.15, 0.2) is 48.5 Å². The maximum atomic E-state index is 12.3. The molecule has 0 atom stereocenters. The predicted octanol–water partition coefficient (Wildman–Crippen LogP) is 3.20. The van der Waals surface area contributed by atoms with Crippen LogP contribution in [0.5, 0.6) is 5.75 Å². The standard InChI is InChI=1S/C23H28N2O5/c1-16(2)14-24-23(28)18-9-5-6-10-19(18)25-21(26)15-30-22(27)13-12-17-8-4-7-11-20(17)29-3/h4-11,16H,12-15H2,1-3H3,(H,24,28)(H,25,26). The number of amides is 2. The summed E-state index contributed by atoms with van der Waals surface area (Å²) in [6, 6.07) is 14.1. The van der Waals surface area contributed by atoms with Crippen molar-refractivity contribution in [1.82, 2.24) is 5.32 Å². The second-order valence-electron chi connectivity index (χ2n) is 7.17. The molecule has 0 saturated heterocycles. The van der Waals surface area contributed by atoms with Crippen LogP contribution in [0.25, 0.3) is 0 Å². The highest BCUT2D eigenvalue weighted by Crippen LogP contribution is 2.19. The minimum absolute atomic E-state index is 0.127. The van der Waals surface area contributed by atoms with Crippen molar-refractivity contribution in [3.63, 3.8) is 0 Å². The summed E-state index contributed by atoms with van der Waals surface area (Å²) in [4.78, 5) is 36.5. The van der Waals surface area contributed by atoms with Crippen LogP contribution in [0.3, 0.4) is 0 Å². The number of rotatable bonds is 10. The van der Waals surface area contributed by atoms with Gasteiger partial charge in [0.2, 0.25) is 0 Å². The Bertz CT molecular complexity index is 879. The zero-order valence-electron chi connectivity index (χ0n) is 17.6. The van der Waals surface area contributed by atoms with Crippen LogP contribution in [0.4, 0.5) is 5.69 Å². The number of carbonyl (C=O) groups is 3. The first-order chi connectivity index (χ1) is 14.4. The molecule has 2 aromatic carbocycles. The third-order valence-electron chi connectivity index (χ3n) is 4.27. The van der Waals surface area contributed by atoms with E-state index in [1.165, 1.54) is 0 Å². The van der Waals surface area contributed by atoms with Gasteiger partial charge in [-0.3, -0.25) is 14.4 Å². The van der Waals surface area contributed by atoms with Gasteiger partial charge in [-0.1, -0.05) is 44.2 Å². The van der Waals surface area contributed by atoms with Crippen molar-refractivity contribution in [3.8, 4) is 5.75 Å². The molecule has 2 rings (SSSR count). The summed E-state index contributed by atoms with van der Waals surface area (Å²) >= 11 is 0. The van der Waals surface area contributed by atoms with E-state index >= 15 is 0 Å². The zero-order valence-corrected chi connectivity index (χ0v) is 17.6. The second-order valence-corrected chi connectivity index (χ2v) is 7.17. The van der Waals surface area contributed by atoms with E-state index in [9.17, 15) is 14.4 Å². The van der Waals surface area contributed by atoms with Gasteiger partial charge in [-0.2, -0.15) is 0 Å². The van der Waals surface area contributed by atoms with Gasteiger partial charge in [0, 0.05) is 13.0 Å². The van der Waals surface area contributed by atoms with E-state index < -0.39 is 18.5 Å². The number of esters is 1. The highest BCUT2D eigenvalue weighted by atomic mass is 16.5. The first-order valence-corrected chi connectivity index (χ1v) is 9.85. The second kappa shape index (κ2) is 11.6. The average molecular weight is 412 g/mol. The summed E-state index contributed by atoms with van der Waals surface area (Å²) in [5.41, 5.74) is 1.62. The molecule has 0 aliphatic heterocycles. The summed E-state index contributed by atoms with van der Waals surface area (Å²) in [6.07, 6.45) is 0.575. The van der Waals surface area contributed by atoms with Crippen LogP contribution >= 0.6 is 0 Å². The molecule has 7 nitrogen and oxygen atoms in total. The van der Waals surface area contributed by atoms with Crippen molar-refractivity contribution in [2.24, 2.45) is 5.92 Å². The molecule has 0 saturated carbocycles. The Morgan fingerprint density at radius 2 is 1.70 bits per heavy atom. The molecule has 0 aliphatic rings. The van der Waals surface area contributed by atoms with Crippen LogP contribution in [0.2, 0.25) is 0 Å². The van der Waals surface area contributed by atoms with Crippen molar-refractivity contribution < 1.29 is 23.9 Å². The molecule has 0 radical (unpaired) electrons. The third-order valence-corrected chi connectivity index (χ3v) is 4.27. The highest BCUT2D eigenvalue weighted by Gasteiger charge is 2.15. The van der Waals surface area contributed by atoms with Crippen LogP contribution < -0.4 is 15.4 Å². The lowest BCUT2D eigenvalue weighted by Crippen LogP contribution is -2.29. The van der Waals surface area contributed by atoms with E-state index in [2.05, 4.69) is 10.6 Å². The fraction of sp³-hybridized carbons (Fsp3) is 0.348. The summed E-state index contributed by atoms with van der Waals surface area (Å²) in [5, 5.41) is 5.45. The molecule has 0 unspecified atom stereocenters. The van der Waals surface area contributed by atoms with Crippen LogP contribution in [0, 0.1) is 5.92 Å². The van der Waals surface area contributed by atoms with Crippen molar-refractivity contribution in [3.05, 3.63) is 59.7 Å². The molecule has 0 bridgehead atoms. The number of carbonyl (C=O) groups excluding carboxylic acids is 3. The Kier molecular flexibility index (Phi) is 8.87. The number of methoxy groups -OCH3 is 1. The van der Waals surface area contributed by atoms with Crippen LogP contribution in [-0.4, -0.2) is 38.0 Å². The van der Waals surface area contributed by atoms with Gasteiger partial charge in [0.25, 0.3) is 11.8 Å². The molecule has 0 aromatic heterocycles. The summed E-state index contributed by atoms with van der Waals surface area (Å²) in [5.74, 6) is -0.251. The SMILES string of the molecule is COc1ccccc1CCC(=O)OCC(=O)Nc1ccccc1C(=O)NCC(C)C. The lowest BCUT2D eigenvalue weighted by Gasteiger charge is -2.13. The molecule has 30 heavy (non-hydrogen) atoms. The first kappa shape index (κ1) is 22.9. The molecular formula is C23H28N2O5. The number of aryl methyl sites for hydroxylation is 1. The normalized spacial score (nSPS) is 10.4. The van der Waals surface area contributed by atoms with Crippen LogP contribution in [-0.2, 0) is 20.7 Å². The molecule has 0 fully saturated rings. The summed E-state index contributed by atoms with van der Waals surface area (Å²) in [7, 11) is 1.57. The molecule has 7 heteroatoms. The van der Waals surface area contributed by atoms with E-state index in [0.29, 0.717) is 35.9 Å². The number of nitrogens with one attached hydrogen (secondary N) is 2. The van der Waals surface area contributed by atoms with E-state index in [-0.39, 0.29) is 12.3 Å². The molecule has 0 spiro atoms. The fourth-order valence-corrected chi connectivity index (χ4v) is 2.73. The molecule has 0 aliphatic carbocycles. The van der Waals surface area contributed by atoms with Gasteiger partial charge in [0.05, 0.1) is 18.4 Å². The van der Waals surface area contributed by atoms with Crippen molar-refractivity contribution in [2.75, 3.05) is 25.6 Å². The van der Waals surface area contributed by atoms with Gasteiger partial charge >= 0.3 is 5.97 Å². The van der Waals surface area contributed by atoms with Crippen molar-refractivity contribution in [1.29, 1.82) is 0 Å². The Labute approximate surface area is 176 Å². The summed E-state index contributed by atoms with van der Waals surface area (Å²) in [6.45, 7) is 4.10. The minimum atomic E-state index is -0.509. The smallest absolute Gasteiger partial charge is 0.306 e. The van der Waals surface area contributed by atoms with Gasteiger partial charge in [-0.15, -0.1) is 0 Å². The van der Waals surface area contributed by atoms with Crippen LogP contribution in [0.1, 0.15) is 36.2 Å². The highest BCUT2D eigenvalue weighted by molar-refractivity contribution is 6.04. The summed E-state index contributed by atoms with van der Waals surface area (Å²) < 4.78 is 10.3. The number of para-hydroxylation sites is 2. The Hall–Kier alpha value is -3.35. The maximum Gasteiger partial charge on any atom is 0.306 e. The minimum Gasteiger partial charge on any atom is -0.496 e. The van der Waals surface area contributed by atoms with Gasteiger partial charge < -0.3 is 20.1 Å². The molecular weight excluding hydrogens is 384 g/mol.